The van der Waals surface area contributed by atoms with Crippen molar-refractivity contribution >= 4 is 10.1 Å². The van der Waals surface area contributed by atoms with Crippen LogP contribution in [-0.2, 0) is 16.8 Å². The molecule has 0 unspecified atom stereocenters. The SMILES string of the molecule is Cc1ccc(-c2noc(CF)c2-c2ccc(S(=O)(=O)O)c(F)c2)cc1C. The molecule has 0 fully saturated rings. The summed E-state index contributed by atoms with van der Waals surface area (Å²) in [5.41, 5.74) is 3.46. The Morgan fingerprint density at radius 1 is 1.08 bits per heavy atom. The van der Waals surface area contributed by atoms with Crippen molar-refractivity contribution in [2.24, 2.45) is 0 Å². The normalized spacial score (nSPS) is 11.7. The van der Waals surface area contributed by atoms with Crippen LogP contribution in [0.1, 0.15) is 16.9 Å². The number of aromatic nitrogens is 1. The summed E-state index contributed by atoms with van der Waals surface area (Å²) in [5.74, 6) is -1.25. The van der Waals surface area contributed by atoms with Gasteiger partial charge in [0.15, 0.2) is 12.4 Å². The number of halogens is 2. The van der Waals surface area contributed by atoms with Crippen molar-refractivity contribution in [1.29, 1.82) is 0 Å². The smallest absolute Gasteiger partial charge is 0.297 e. The summed E-state index contributed by atoms with van der Waals surface area (Å²) in [6.07, 6.45) is 0. The van der Waals surface area contributed by atoms with Gasteiger partial charge < -0.3 is 4.52 Å². The maximum atomic E-state index is 14.1. The molecule has 3 rings (SSSR count). The lowest BCUT2D eigenvalue weighted by Gasteiger charge is -2.07. The molecular formula is C18H15F2NO4S. The topological polar surface area (TPSA) is 80.4 Å². The van der Waals surface area contributed by atoms with E-state index in [0.29, 0.717) is 11.3 Å². The van der Waals surface area contributed by atoms with Gasteiger partial charge >= 0.3 is 0 Å². The summed E-state index contributed by atoms with van der Waals surface area (Å²) in [7, 11) is -4.70. The van der Waals surface area contributed by atoms with Crippen molar-refractivity contribution in [2.45, 2.75) is 25.4 Å². The molecule has 0 atom stereocenters. The van der Waals surface area contributed by atoms with Crippen LogP contribution in [0.3, 0.4) is 0 Å². The molecule has 2 aromatic carbocycles. The van der Waals surface area contributed by atoms with Gasteiger partial charge in [-0.05, 0) is 48.7 Å². The molecular weight excluding hydrogens is 364 g/mol. The van der Waals surface area contributed by atoms with Crippen LogP contribution in [0.5, 0.6) is 0 Å². The fourth-order valence-corrected chi connectivity index (χ4v) is 3.21. The van der Waals surface area contributed by atoms with Gasteiger partial charge in [-0.2, -0.15) is 8.42 Å². The molecule has 0 saturated heterocycles. The summed E-state index contributed by atoms with van der Waals surface area (Å²) in [6, 6.07) is 8.59. The Hall–Kier alpha value is -2.58. The van der Waals surface area contributed by atoms with E-state index < -0.39 is 27.5 Å². The molecule has 1 N–H and O–H groups in total. The molecule has 5 nitrogen and oxygen atoms in total. The fraction of sp³-hybridized carbons (Fsp3) is 0.167. The quantitative estimate of drug-likeness (QED) is 0.676. The summed E-state index contributed by atoms with van der Waals surface area (Å²) >= 11 is 0. The van der Waals surface area contributed by atoms with Crippen LogP contribution in [0.4, 0.5) is 8.78 Å². The third kappa shape index (κ3) is 3.25. The minimum atomic E-state index is -4.70. The first kappa shape index (κ1) is 18.2. The van der Waals surface area contributed by atoms with E-state index >= 15 is 0 Å². The van der Waals surface area contributed by atoms with Crippen LogP contribution in [-0.4, -0.2) is 18.1 Å². The highest BCUT2D eigenvalue weighted by molar-refractivity contribution is 7.85. The Balaban J connectivity index is 2.20. The number of nitrogens with zero attached hydrogens (tertiary/aromatic N) is 1. The third-order valence-electron chi connectivity index (χ3n) is 4.16. The molecule has 26 heavy (non-hydrogen) atoms. The summed E-state index contributed by atoms with van der Waals surface area (Å²) < 4.78 is 63.9. The summed E-state index contributed by atoms with van der Waals surface area (Å²) in [4.78, 5) is -0.854. The number of hydrogen-bond donors (Lipinski definition) is 1. The summed E-state index contributed by atoms with van der Waals surface area (Å²) in [6.45, 7) is 2.89. The second kappa shape index (κ2) is 6.62. The lowest BCUT2D eigenvalue weighted by Crippen LogP contribution is -2.01. The maximum absolute atomic E-state index is 14.1. The average Bonchev–Trinajstić information content (AvgIpc) is 3.00. The zero-order valence-electron chi connectivity index (χ0n) is 14.0. The minimum absolute atomic E-state index is 0.0998. The lowest BCUT2D eigenvalue weighted by atomic mass is 9.97. The molecule has 136 valence electrons. The van der Waals surface area contributed by atoms with Crippen molar-refractivity contribution < 1.29 is 26.3 Å². The van der Waals surface area contributed by atoms with E-state index in [2.05, 4.69) is 5.16 Å². The molecule has 0 radical (unpaired) electrons. The van der Waals surface area contributed by atoms with E-state index in [1.165, 1.54) is 6.07 Å². The molecule has 0 aliphatic rings. The molecule has 0 bridgehead atoms. The zero-order valence-corrected chi connectivity index (χ0v) is 14.8. The molecule has 0 saturated carbocycles. The van der Waals surface area contributed by atoms with Gasteiger partial charge in [0, 0.05) is 5.56 Å². The molecule has 0 amide bonds. The van der Waals surface area contributed by atoms with Crippen molar-refractivity contribution in [2.75, 3.05) is 0 Å². The maximum Gasteiger partial charge on any atom is 0.297 e. The number of hydrogen-bond acceptors (Lipinski definition) is 4. The molecule has 0 aliphatic carbocycles. The van der Waals surface area contributed by atoms with Gasteiger partial charge in [-0.1, -0.05) is 23.4 Å². The first-order chi connectivity index (χ1) is 12.2. The Morgan fingerprint density at radius 3 is 2.35 bits per heavy atom. The zero-order chi connectivity index (χ0) is 19.1. The largest absolute Gasteiger partial charge is 0.357 e. The number of benzene rings is 2. The minimum Gasteiger partial charge on any atom is -0.357 e. The van der Waals surface area contributed by atoms with Crippen molar-refractivity contribution in [1.82, 2.24) is 5.16 Å². The van der Waals surface area contributed by atoms with Gasteiger partial charge in [0.1, 0.15) is 16.4 Å². The molecule has 1 aromatic heterocycles. The van der Waals surface area contributed by atoms with Gasteiger partial charge in [0.05, 0.1) is 5.56 Å². The van der Waals surface area contributed by atoms with E-state index in [0.717, 1.165) is 23.3 Å². The van der Waals surface area contributed by atoms with E-state index in [1.54, 1.807) is 6.07 Å². The van der Waals surface area contributed by atoms with Gasteiger partial charge in [-0.25, -0.2) is 8.78 Å². The highest BCUT2D eigenvalue weighted by atomic mass is 32.2. The first-order valence-corrected chi connectivity index (χ1v) is 9.06. The predicted molar refractivity (Wildman–Crippen MR) is 91.4 cm³/mol. The van der Waals surface area contributed by atoms with Crippen LogP contribution in [0.15, 0.2) is 45.8 Å². The lowest BCUT2D eigenvalue weighted by molar-refractivity contribution is 0.332. The van der Waals surface area contributed by atoms with Crippen molar-refractivity contribution in [3.8, 4) is 22.4 Å². The first-order valence-electron chi connectivity index (χ1n) is 7.62. The fourth-order valence-electron chi connectivity index (χ4n) is 2.66. The van der Waals surface area contributed by atoms with Crippen molar-refractivity contribution in [3.63, 3.8) is 0 Å². The van der Waals surface area contributed by atoms with Crippen LogP contribution >= 0.6 is 0 Å². The highest BCUT2D eigenvalue weighted by Crippen LogP contribution is 2.36. The Kier molecular flexibility index (Phi) is 4.64. The van der Waals surface area contributed by atoms with Crippen LogP contribution in [0, 0.1) is 19.7 Å². The predicted octanol–water partition coefficient (Wildman–Crippen LogP) is 4.48. The van der Waals surface area contributed by atoms with Gasteiger partial charge in [-0.3, -0.25) is 4.55 Å². The standard InChI is InChI=1S/C18H15F2NO4S/c1-10-3-4-13(7-11(10)2)18-17(15(9-19)25-21-18)12-5-6-16(14(20)8-12)26(22,23)24/h3-8H,9H2,1-2H3,(H,22,23,24). The number of alkyl halides is 1. The highest BCUT2D eigenvalue weighted by Gasteiger charge is 2.22. The van der Waals surface area contributed by atoms with Gasteiger partial charge in [0.2, 0.25) is 0 Å². The molecule has 1 heterocycles. The second-order valence-electron chi connectivity index (χ2n) is 5.88. The number of aryl methyl sites for hydroxylation is 2. The van der Waals surface area contributed by atoms with Crippen LogP contribution in [0.2, 0.25) is 0 Å². The second-order valence-corrected chi connectivity index (χ2v) is 7.27. The van der Waals surface area contributed by atoms with Crippen molar-refractivity contribution in [3.05, 3.63) is 59.1 Å². The van der Waals surface area contributed by atoms with E-state index in [9.17, 15) is 17.2 Å². The monoisotopic (exact) mass is 379 g/mol. The molecule has 0 spiro atoms. The van der Waals surface area contributed by atoms with E-state index in [1.807, 2.05) is 26.0 Å². The van der Waals surface area contributed by atoms with Crippen LogP contribution < -0.4 is 0 Å². The van der Waals surface area contributed by atoms with E-state index in [-0.39, 0.29) is 16.9 Å². The molecule has 3 aromatic rings. The van der Waals surface area contributed by atoms with Gasteiger partial charge in [0.25, 0.3) is 10.1 Å². The number of rotatable bonds is 4. The molecule has 8 heteroatoms. The Morgan fingerprint density at radius 2 is 1.77 bits per heavy atom. The summed E-state index contributed by atoms with van der Waals surface area (Å²) in [5, 5.41) is 3.90. The molecule has 0 aliphatic heterocycles. The average molecular weight is 379 g/mol. The van der Waals surface area contributed by atoms with Crippen LogP contribution in [0.25, 0.3) is 22.4 Å². The van der Waals surface area contributed by atoms with Gasteiger partial charge in [-0.15, -0.1) is 0 Å². The Bertz CT molecular complexity index is 1090. The third-order valence-corrected chi connectivity index (χ3v) is 5.05. The van der Waals surface area contributed by atoms with E-state index in [4.69, 9.17) is 9.08 Å². The Labute approximate surface area is 149 Å².